The average Bonchev–Trinajstić information content (AvgIpc) is 3.33. The fraction of sp³-hybridized carbons (Fsp3) is 0.353. The lowest BCUT2D eigenvalue weighted by atomic mass is 10.1. The van der Waals surface area contributed by atoms with Crippen LogP contribution in [-0.4, -0.2) is 45.7 Å². The number of hydrogen-bond donors (Lipinski definition) is 1. The number of benzene rings is 1. The molecule has 0 spiro atoms. The molecule has 1 aliphatic rings. The standard InChI is InChI=1S/C17H17FN4O3/c1-9-19-16(21-20-9)14-7-10(24-2)8-22(14)17(23)12-3-4-13(18)15-11(12)5-6-25-15/h3-6,10,14H,7-8H2,1-2H3,(H,19,20,21)/t10-,14+/m1/s1. The van der Waals surface area contributed by atoms with Gasteiger partial charge >= 0.3 is 0 Å². The number of furan rings is 1. The maximum atomic E-state index is 13.8. The minimum atomic E-state index is -0.491. The van der Waals surface area contributed by atoms with E-state index in [0.717, 1.165) is 0 Å². The van der Waals surface area contributed by atoms with Gasteiger partial charge in [0.05, 0.1) is 24.0 Å². The van der Waals surface area contributed by atoms with Crippen LogP contribution in [0, 0.1) is 12.7 Å². The van der Waals surface area contributed by atoms with Crippen LogP contribution >= 0.6 is 0 Å². The van der Waals surface area contributed by atoms with Crippen LogP contribution < -0.4 is 0 Å². The first kappa shape index (κ1) is 15.8. The first-order chi connectivity index (χ1) is 12.1. The minimum absolute atomic E-state index is 0.0837. The molecule has 0 bridgehead atoms. The summed E-state index contributed by atoms with van der Waals surface area (Å²) in [6.45, 7) is 2.21. The fourth-order valence-electron chi connectivity index (χ4n) is 3.33. The second kappa shape index (κ2) is 5.96. The summed E-state index contributed by atoms with van der Waals surface area (Å²) in [5.74, 6) is 0.526. The maximum Gasteiger partial charge on any atom is 0.255 e. The van der Waals surface area contributed by atoms with Crippen molar-refractivity contribution in [2.45, 2.75) is 25.5 Å². The molecule has 1 aromatic carbocycles. The smallest absolute Gasteiger partial charge is 0.255 e. The Hall–Kier alpha value is -2.74. The molecule has 0 saturated carbocycles. The third-order valence-corrected chi connectivity index (χ3v) is 4.59. The number of aryl methyl sites for hydroxylation is 1. The number of H-pyrrole nitrogens is 1. The number of fused-ring (bicyclic) bond motifs is 1. The van der Waals surface area contributed by atoms with E-state index in [1.807, 2.05) is 0 Å². The first-order valence-corrected chi connectivity index (χ1v) is 7.97. The van der Waals surface area contributed by atoms with Gasteiger partial charge in [0.15, 0.2) is 11.4 Å². The molecule has 4 rings (SSSR count). The molecule has 1 saturated heterocycles. The van der Waals surface area contributed by atoms with Crippen molar-refractivity contribution < 1.29 is 18.3 Å². The van der Waals surface area contributed by atoms with Crippen LogP contribution in [0.1, 0.15) is 34.5 Å². The molecular weight excluding hydrogens is 327 g/mol. The summed E-state index contributed by atoms with van der Waals surface area (Å²) in [4.78, 5) is 19.2. The minimum Gasteiger partial charge on any atom is -0.461 e. The fourth-order valence-corrected chi connectivity index (χ4v) is 3.33. The second-order valence-corrected chi connectivity index (χ2v) is 6.09. The molecule has 25 heavy (non-hydrogen) atoms. The number of carbonyl (C=O) groups excluding carboxylic acids is 1. The van der Waals surface area contributed by atoms with Crippen LogP contribution in [0.2, 0.25) is 0 Å². The number of halogens is 1. The van der Waals surface area contributed by atoms with Crippen molar-refractivity contribution in [3.63, 3.8) is 0 Å². The van der Waals surface area contributed by atoms with E-state index in [9.17, 15) is 9.18 Å². The van der Waals surface area contributed by atoms with Gasteiger partial charge in [-0.05, 0) is 25.1 Å². The van der Waals surface area contributed by atoms with Crippen LogP contribution in [0.4, 0.5) is 4.39 Å². The molecule has 0 unspecified atom stereocenters. The van der Waals surface area contributed by atoms with Gasteiger partial charge in [-0.3, -0.25) is 9.89 Å². The first-order valence-electron chi connectivity index (χ1n) is 7.97. The Bertz CT molecular complexity index is 935. The molecule has 1 aliphatic heterocycles. The second-order valence-electron chi connectivity index (χ2n) is 6.09. The van der Waals surface area contributed by atoms with E-state index in [1.165, 1.54) is 18.4 Å². The lowest BCUT2D eigenvalue weighted by molar-refractivity contribution is 0.0686. The Morgan fingerprint density at radius 1 is 1.44 bits per heavy atom. The molecular formula is C17H17FN4O3. The highest BCUT2D eigenvalue weighted by atomic mass is 19.1. The number of amides is 1. The van der Waals surface area contributed by atoms with Crippen molar-refractivity contribution in [2.24, 2.45) is 0 Å². The molecule has 0 radical (unpaired) electrons. The number of likely N-dealkylation sites (tertiary alicyclic amines) is 1. The average molecular weight is 344 g/mol. The molecule has 1 fully saturated rings. The number of ether oxygens (including phenoxy) is 1. The van der Waals surface area contributed by atoms with Gasteiger partial charge in [0, 0.05) is 25.5 Å². The van der Waals surface area contributed by atoms with Crippen LogP contribution in [-0.2, 0) is 4.74 Å². The summed E-state index contributed by atoms with van der Waals surface area (Å²) in [6, 6.07) is 4.06. The molecule has 1 N–H and O–H groups in total. The zero-order valence-electron chi connectivity index (χ0n) is 13.8. The summed E-state index contributed by atoms with van der Waals surface area (Å²) in [6.07, 6.45) is 1.90. The number of methoxy groups -OCH3 is 1. The van der Waals surface area contributed by atoms with Crippen molar-refractivity contribution >= 4 is 16.9 Å². The molecule has 2 aromatic heterocycles. The van der Waals surface area contributed by atoms with Gasteiger partial charge in [0.1, 0.15) is 11.6 Å². The van der Waals surface area contributed by atoms with Crippen molar-refractivity contribution in [3.05, 3.63) is 47.5 Å². The Morgan fingerprint density at radius 3 is 3.00 bits per heavy atom. The van der Waals surface area contributed by atoms with Crippen LogP contribution in [0.25, 0.3) is 11.0 Å². The summed E-state index contributed by atoms with van der Waals surface area (Å²) in [7, 11) is 1.62. The van der Waals surface area contributed by atoms with Crippen molar-refractivity contribution in [1.82, 2.24) is 20.1 Å². The summed E-state index contributed by atoms with van der Waals surface area (Å²) < 4.78 is 24.4. The Morgan fingerprint density at radius 2 is 2.28 bits per heavy atom. The molecule has 8 heteroatoms. The molecule has 1 amide bonds. The Kier molecular flexibility index (Phi) is 3.76. The van der Waals surface area contributed by atoms with E-state index < -0.39 is 5.82 Å². The number of nitrogens with one attached hydrogen (secondary N) is 1. The lowest BCUT2D eigenvalue weighted by Crippen LogP contribution is -2.32. The predicted molar refractivity (Wildman–Crippen MR) is 86.5 cm³/mol. The number of aromatic amines is 1. The largest absolute Gasteiger partial charge is 0.461 e. The van der Waals surface area contributed by atoms with Gasteiger partial charge in [0.2, 0.25) is 0 Å². The molecule has 130 valence electrons. The zero-order valence-corrected chi connectivity index (χ0v) is 13.8. The zero-order chi connectivity index (χ0) is 17.6. The van der Waals surface area contributed by atoms with Gasteiger partial charge in [0.25, 0.3) is 5.91 Å². The topological polar surface area (TPSA) is 84.3 Å². The predicted octanol–water partition coefficient (Wildman–Crippen LogP) is 2.60. The van der Waals surface area contributed by atoms with Gasteiger partial charge in [-0.2, -0.15) is 5.10 Å². The Labute approximate surface area is 142 Å². The number of nitrogens with zero attached hydrogens (tertiary/aromatic N) is 3. The number of aromatic nitrogens is 3. The van der Waals surface area contributed by atoms with E-state index in [0.29, 0.717) is 35.6 Å². The molecule has 3 aromatic rings. The van der Waals surface area contributed by atoms with E-state index in [4.69, 9.17) is 9.15 Å². The normalized spacial score (nSPS) is 20.5. The van der Waals surface area contributed by atoms with Crippen molar-refractivity contribution in [1.29, 1.82) is 0 Å². The van der Waals surface area contributed by atoms with Gasteiger partial charge in [-0.15, -0.1) is 0 Å². The lowest BCUT2D eigenvalue weighted by Gasteiger charge is -2.23. The number of rotatable bonds is 3. The maximum absolute atomic E-state index is 13.8. The Balaban J connectivity index is 1.73. The van der Waals surface area contributed by atoms with Gasteiger partial charge in [-0.25, -0.2) is 9.37 Å². The monoisotopic (exact) mass is 344 g/mol. The molecule has 7 nitrogen and oxygen atoms in total. The van der Waals surface area contributed by atoms with E-state index in [-0.39, 0.29) is 23.6 Å². The molecule has 3 heterocycles. The molecule has 0 aliphatic carbocycles. The third kappa shape index (κ3) is 2.58. The highest BCUT2D eigenvalue weighted by molar-refractivity contribution is 6.06. The SMILES string of the molecule is CO[C@@H]1C[C@@H](c2nc(C)n[nH]2)N(C(=O)c2ccc(F)c3occc23)C1. The number of hydrogen-bond acceptors (Lipinski definition) is 5. The quantitative estimate of drug-likeness (QED) is 0.789. The van der Waals surface area contributed by atoms with Gasteiger partial charge < -0.3 is 14.1 Å². The summed E-state index contributed by atoms with van der Waals surface area (Å²) >= 11 is 0. The van der Waals surface area contributed by atoms with Crippen LogP contribution in [0.3, 0.4) is 0 Å². The highest BCUT2D eigenvalue weighted by Crippen LogP contribution is 2.34. The van der Waals surface area contributed by atoms with Gasteiger partial charge in [-0.1, -0.05) is 0 Å². The summed E-state index contributed by atoms with van der Waals surface area (Å²) in [5, 5.41) is 7.39. The highest BCUT2D eigenvalue weighted by Gasteiger charge is 2.39. The van der Waals surface area contributed by atoms with Crippen LogP contribution in [0.5, 0.6) is 0 Å². The molecule has 2 atom stereocenters. The van der Waals surface area contributed by atoms with E-state index in [2.05, 4.69) is 15.2 Å². The van der Waals surface area contributed by atoms with Crippen molar-refractivity contribution in [2.75, 3.05) is 13.7 Å². The van der Waals surface area contributed by atoms with Crippen LogP contribution in [0.15, 0.2) is 28.9 Å². The number of carbonyl (C=O) groups is 1. The third-order valence-electron chi connectivity index (χ3n) is 4.59. The van der Waals surface area contributed by atoms with Crippen molar-refractivity contribution in [3.8, 4) is 0 Å². The van der Waals surface area contributed by atoms with E-state index >= 15 is 0 Å². The van der Waals surface area contributed by atoms with E-state index in [1.54, 1.807) is 25.0 Å². The summed E-state index contributed by atoms with van der Waals surface area (Å²) in [5.41, 5.74) is 0.475.